The number of nitrogen functional groups attached to an aromatic ring is 1. The fourth-order valence-electron chi connectivity index (χ4n) is 1.23. The first kappa shape index (κ1) is 8.10. The lowest BCUT2D eigenvalue weighted by atomic mass is 10.1. The van der Waals surface area contributed by atoms with E-state index in [1.807, 2.05) is 13.8 Å². The highest BCUT2D eigenvalue weighted by Gasteiger charge is 2.27. The number of aromatic nitrogens is 2. The summed E-state index contributed by atoms with van der Waals surface area (Å²) in [6.45, 7) is 4.64. The molecule has 70 valence electrons. The zero-order chi connectivity index (χ0) is 9.47. The number of nitrogens with two attached hydrogens (primary N) is 1. The molecule has 0 unspecified atom stereocenters. The van der Waals surface area contributed by atoms with Crippen molar-refractivity contribution in [1.29, 1.82) is 0 Å². The number of fused-ring (bicyclic) bond motifs is 1. The predicted octanol–water partition coefficient (Wildman–Crippen LogP) is 0.642. The zero-order valence-corrected chi connectivity index (χ0v) is 7.66. The fraction of sp³-hybridized carbons (Fsp3) is 0.500. The van der Waals surface area contributed by atoms with Crippen molar-refractivity contribution in [2.75, 3.05) is 17.7 Å². The van der Waals surface area contributed by atoms with E-state index in [0.29, 0.717) is 24.0 Å². The first-order valence-electron chi connectivity index (χ1n) is 4.10. The Bertz CT molecular complexity index is 337. The zero-order valence-electron chi connectivity index (χ0n) is 7.66. The first-order valence-corrected chi connectivity index (χ1v) is 4.10. The molecule has 0 saturated heterocycles. The minimum absolute atomic E-state index is 0.103. The molecule has 0 bridgehead atoms. The molecule has 0 atom stereocenters. The van der Waals surface area contributed by atoms with Gasteiger partial charge in [0, 0.05) is 0 Å². The summed E-state index contributed by atoms with van der Waals surface area (Å²) in [5.74, 6) is 1.61. The lowest BCUT2D eigenvalue weighted by molar-refractivity contribution is 0.240. The molecule has 13 heavy (non-hydrogen) atoms. The normalized spacial score (nSPS) is 18.3. The van der Waals surface area contributed by atoms with Gasteiger partial charge in [-0.25, -0.2) is 9.97 Å². The topological polar surface area (TPSA) is 73.1 Å². The summed E-state index contributed by atoms with van der Waals surface area (Å²) in [5, 5.41) is 3.22. The molecule has 1 aliphatic rings. The van der Waals surface area contributed by atoms with Crippen LogP contribution in [0.2, 0.25) is 0 Å². The number of anilines is 2. The quantitative estimate of drug-likeness (QED) is 0.613. The molecule has 0 radical (unpaired) electrons. The van der Waals surface area contributed by atoms with Gasteiger partial charge in [-0.15, -0.1) is 0 Å². The van der Waals surface area contributed by atoms with Gasteiger partial charge in [0.05, 0.1) is 5.54 Å². The SMILES string of the molecule is CC1(C)COc2c(N)ncnc2N1. The number of ether oxygens (including phenoxy) is 1. The van der Waals surface area contributed by atoms with Crippen molar-refractivity contribution in [2.45, 2.75) is 19.4 Å². The van der Waals surface area contributed by atoms with Crippen molar-refractivity contribution in [2.24, 2.45) is 0 Å². The summed E-state index contributed by atoms with van der Waals surface area (Å²) in [5.41, 5.74) is 5.51. The average molecular weight is 180 g/mol. The third-order valence-corrected chi connectivity index (χ3v) is 1.87. The van der Waals surface area contributed by atoms with Gasteiger partial charge in [-0.05, 0) is 13.8 Å². The Kier molecular flexibility index (Phi) is 1.55. The average Bonchev–Trinajstić information content (AvgIpc) is 2.02. The summed E-state index contributed by atoms with van der Waals surface area (Å²) in [6.07, 6.45) is 1.42. The lowest BCUT2D eigenvalue weighted by Gasteiger charge is -2.32. The maximum atomic E-state index is 5.61. The van der Waals surface area contributed by atoms with Crippen molar-refractivity contribution < 1.29 is 4.74 Å². The molecule has 0 aromatic carbocycles. The fourth-order valence-corrected chi connectivity index (χ4v) is 1.23. The van der Waals surface area contributed by atoms with E-state index in [1.165, 1.54) is 6.33 Å². The van der Waals surface area contributed by atoms with Gasteiger partial charge in [-0.2, -0.15) is 0 Å². The van der Waals surface area contributed by atoms with E-state index in [2.05, 4.69) is 15.3 Å². The molecule has 1 aliphatic heterocycles. The summed E-state index contributed by atoms with van der Waals surface area (Å²) < 4.78 is 5.46. The van der Waals surface area contributed by atoms with Crippen LogP contribution in [-0.4, -0.2) is 22.1 Å². The summed E-state index contributed by atoms with van der Waals surface area (Å²) >= 11 is 0. The van der Waals surface area contributed by atoms with Crippen LogP contribution < -0.4 is 15.8 Å². The molecule has 2 heterocycles. The van der Waals surface area contributed by atoms with Gasteiger partial charge in [0.1, 0.15) is 12.9 Å². The third-order valence-electron chi connectivity index (χ3n) is 1.87. The number of hydrogen-bond donors (Lipinski definition) is 2. The largest absolute Gasteiger partial charge is 0.484 e. The molecule has 0 fully saturated rings. The Hall–Kier alpha value is -1.52. The molecule has 3 N–H and O–H groups in total. The second-order valence-electron chi connectivity index (χ2n) is 3.73. The summed E-state index contributed by atoms with van der Waals surface area (Å²) in [7, 11) is 0. The smallest absolute Gasteiger partial charge is 0.204 e. The second-order valence-corrected chi connectivity index (χ2v) is 3.73. The minimum Gasteiger partial charge on any atom is -0.484 e. The van der Waals surface area contributed by atoms with Crippen LogP contribution >= 0.6 is 0 Å². The van der Waals surface area contributed by atoms with E-state index in [0.717, 1.165) is 0 Å². The van der Waals surface area contributed by atoms with E-state index in [4.69, 9.17) is 10.5 Å². The van der Waals surface area contributed by atoms with Crippen molar-refractivity contribution in [3.8, 4) is 5.75 Å². The predicted molar refractivity (Wildman–Crippen MR) is 49.6 cm³/mol. The molecule has 0 amide bonds. The number of nitrogens with one attached hydrogen (secondary N) is 1. The van der Waals surface area contributed by atoms with Crippen LogP contribution in [-0.2, 0) is 0 Å². The van der Waals surface area contributed by atoms with Crippen molar-refractivity contribution in [3.63, 3.8) is 0 Å². The monoisotopic (exact) mass is 180 g/mol. The Morgan fingerprint density at radius 2 is 2.31 bits per heavy atom. The molecule has 0 spiro atoms. The van der Waals surface area contributed by atoms with Crippen molar-refractivity contribution in [1.82, 2.24) is 9.97 Å². The van der Waals surface area contributed by atoms with Gasteiger partial charge in [-0.1, -0.05) is 0 Å². The highest BCUT2D eigenvalue weighted by atomic mass is 16.5. The van der Waals surface area contributed by atoms with Crippen LogP contribution in [0.1, 0.15) is 13.8 Å². The molecule has 0 saturated carbocycles. The van der Waals surface area contributed by atoms with Gasteiger partial charge in [-0.3, -0.25) is 0 Å². The van der Waals surface area contributed by atoms with Crippen LogP contribution in [0.5, 0.6) is 5.75 Å². The van der Waals surface area contributed by atoms with Gasteiger partial charge in [0.25, 0.3) is 0 Å². The third kappa shape index (κ3) is 1.37. The Balaban J connectivity index is 2.42. The molecule has 5 heteroatoms. The first-order chi connectivity index (χ1) is 6.08. The molecule has 2 rings (SSSR count). The number of nitrogens with zero attached hydrogens (tertiary/aromatic N) is 2. The van der Waals surface area contributed by atoms with Crippen LogP contribution in [0.3, 0.4) is 0 Å². The summed E-state index contributed by atoms with van der Waals surface area (Å²) in [6, 6.07) is 0. The van der Waals surface area contributed by atoms with Crippen LogP contribution in [0.25, 0.3) is 0 Å². The van der Waals surface area contributed by atoms with Crippen LogP contribution in [0.4, 0.5) is 11.6 Å². The minimum atomic E-state index is -0.103. The van der Waals surface area contributed by atoms with E-state index in [1.54, 1.807) is 0 Å². The van der Waals surface area contributed by atoms with Gasteiger partial charge in [0.2, 0.25) is 5.75 Å². The number of rotatable bonds is 0. The standard InChI is InChI=1S/C8H12N4O/c1-8(2)3-13-5-6(9)10-4-11-7(5)12-8/h4H,3H2,1-2H3,(H3,9,10,11,12). The summed E-state index contributed by atoms with van der Waals surface area (Å²) in [4.78, 5) is 7.89. The number of hydrogen-bond acceptors (Lipinski definition) is 5. The lowest BCUT2D eigenvalue weighted by Crippen LogP contribution is -2.41. The van der Waals surface area contributed by atoms with E-state index >= 15 is 0 Å². The highest BCUT2D eigenvalue weighted by Crippen LogP contribution is 2.33. The maximum absolute atomic E-state index is 5.61. The van der Waals surface area contributed by atoms with Crippen LogP contribution in [0, 0.1) is 0 Å². The molecule has 1 aromatic rings. The molecule has 0 aliphatic carbocycles. The molecule has 5 nitrogen and oxygen atoms in total. The van der Waals surface area contributed by atoms with Crippen molar-refractivity contribution in [3.05, 3.63) is 6.33 Å². The van der Waals surface area contributed by atoms with Crippen molar-refractivity contribution >= 4 is 11.6 Å². The Morgan fingerprint density at radius 3 is 3.08 bits per heavy atom. The van der Waals surface area contributed by atoms with E-state index in [9.17, 15) is 0 Å². The van der Waals surface area contributed by atoms with E-state index in [-0.39, 0.29) is 5.54 Å². The molecular formula is C8H12N4O. The van der Waals surface area contributed by atoms with Gasteiger partial charge in [0.15, 0.2) is 11.6 Å². The highest BCUT2D eigenvalue weighted by molar-refractivity contribution is 5.63. The van der Waals surface area contributed by atoms with Gasteiger partial charge < -0.3 is 15.8 Å². The maximum Gasteiger partial charge on any atom is 0.204 e. The molecule has 1 aromatic heterocycles. The molecular weight excluding hydrogens is 168 g/mol. The second kappa shape index (κ2) is 2.48. The van der Waals surface area contributed by atoms with Gasteiger partial charge >= 0.3 is 0 Å². The Labute approximate surface area is 76.3 Å². The van der Waals surface area contributed by atoms with Crippen LogP contribution in [0.15, 0.2) is 6.33 Å². The van der Waals surface area contributed by atoms with E-state index < -0.39 is 0 Å². The Morgan fingerprint density at radius 1 is 1.54 bits per heavy atom.